The second kappa shape index (κ2) is 4.99. The molecule has 0 aromatic carbocycles. The van der Waals surface area contributed by atoms with E-state index in [2.05, 4.69) is 15.0 Å². The highest BCUT2D eigenvalue weighted by molar-refractivity contribution is 5.57. The van der Waals surface area contributed by atoms with Gasteiger partial charge in [-0.15, -0.1) is 0 Å². The summed E-state index contributed by atoms with van der Waals surface area (Å²) in [5.41, 5.74) is 8.21. The molecule has 2 aromatic heterocycles. The van der Waals surface area contributed by atoms with Gasteiger partial charge in [-0.1, -0.05) is 0 Å². The summed E-state index contributed by atoms with van der Waals surface area (Å²) in [7, 11) is 0. The van der Waals surface area contributed by atoms with Gasteiger partial charge in [-0.05, 0) is 25.1 Å². The Morgan fingerprint density at radius 1 is 1.41 bits per heavy atom. The highest BCUT2D eigenvalue weighted by Gasteiger charge is 2.10. The maximum Gasteiger partial charge on any atom is 0.148 e. The van der Waals surface area contributed by atoms with Gasteiger partial charge in [0.25, 0.3) is 0 Å². The Balaban J connectivity index is 2.45. The van der Waals surface area contributed by atoms with Crippen molar-refractivity contribution in [3.8, 4) is 11.3 Å². The zero-order chi connectivity index (χ0) is 12.3. The van der Waals surface area contributed by atoms with Crippen LogP contribution in [-0.4, -0.2) is 26.7 Å². The minimum absolute atomic E-state index is 0.171. The van der Waals surface area contributed by atoms with Crippen molar-refractivity contribution in [2.45, 2.75) is 13.0 Å². The number of hydrogen-bond acceptors (Lipinski definition) is 5. The lowest BCUT2D eigenvalue weighted by atomic mass is 10.2. The Hall–Kier alpha value is -1.85. The Bertz CT molecular complexity index is 501. The second-order valence-corrected chi connectivity index (χ2v) is 3.78. The fraction of sp³-hybridized carbons (Fsp3) is 0.250. The van der Waals surface area contributed by atoms with Gasteiger partial charge in [0.15, 0.2) is 0 Å². The molecule has 0 bridgehead atoms. The molecule has 5 nitrogen and oxygen atoms in total. The lowest BCUT2D eigenvalue weighted by molar-refractivity contribution is 0.263. The van der Waals surface area contributed by atoms with Gasteiger partial charge < -0.3 is 10.8 Å². The van der Waals surface area contributed by atoms with Gasteiger partial charge in [-0.2, -0.15) is 0 Å². The molecule has 0 amide bonds. The molecule has 1 atom stereocenters. The smallest absolute Gasteiger partial charge is 0.148 e. The average Bonchev–Trinajstić information content (AvgIpc) is 2.38. The minimum Gasteiger partial charge on any atom is -0.394 e. The standard InChI is InChI=1S/C12H14N4O/c1-8-5-11(9-3-2-4-14-6-9)16-12(15-8)10(13)7-17/h2-6,10,17H,7,13H2,1H3. The van der Waals surface area contributed by atoms with Crippen molar-refractivity contribution < 1.29 is 5.11 Å². The number of rotatable bonds is 3. The van der Waals surface area contributed by atoms with Crippen LogP contribution in [0.15, 0.2) is 30.6 Å². The van der Waals surface area contributed by atoms with E-state index >= 15 is 0 Å². The van der Waals surface area contributed by atoms with Gasteiger partial charge in [0.2, 0.25) is 0 Å². The van der Waals surface area contributed by atoms with Crippen molar-refractivity contribution in [3.05, 3.63) is 42.1 Å². The predicted octanol–water partition coefficient (Wildman–Crippen LogP) is 0.839. The van der Waals surface area contributed by atoms with Crippen LogP contribution in [0, 0.1) is 6.92 Å². The van der Waals surface area contributed by atoms with Gasteiger partial charge in [-0.25, -0.2) is 9.97 Å². The van der Waals surface area contributed by atoms with Gasteiger partial charge >= 0.3 is 0 Å². The molecule has 2 heterocycles. The van der Waals surface area contributed by atoms with E-state index in [1.807, 2.05) is 25.1 Å². The SMILES string of the molecule is Cc1cc(-c2cccnc2)nc(C(N)CO)n1. The molecule has 0 saturated heterocycles. The summed E-state index contributed by atoms with van der Waals surface area (Å²) in [6, 6.07) is 5.08. The van der Waals surface area contributed by atoms with Crippen molar-refractivity contribution in [1.29, 1.82) is 0 Å². The molecule has 3 N–H and O–H groups in total. The van der Waals surface area contributed by atoms with E-state index in [9.17, 15) is 0 Å². The highest BCUT2D eigenvalue weighted by Crippen LogP contribution is 2.17. The van der Waals surface area contributed by atoms with Crippen LogP contribution >= 0.6 is 0 Å². The summed E-state index contributed by atoms with van der Waals surface area (Å²) in [6.45, 7) is 1.70. The average molecular weight is 230 g/mol. The van der Waals surface area contributed by atoms with E-state index in [-0.39, 0.29) is 6.61 Å². The van der Waals surface area contributed by atoms with E-state index in [1.54, 1.807) is 12.4 Å². The van der Waals surface area contributed by atoms with E-state index in [1.165, 1.54) is 0 Å². The molecule has 2 aromatic rings. The number of aryl methyl sites for hydroxylation is 1. The summed E-state index contributed by atoms with van der Waals surface area (Å²) in [5.74, 6) is 0.450. The molecule has 1 unspecified atom stereocenters. The molecule has 0 aliphatic heterocycles. The molecule has 5 heteroatoms. The Morgan fingerprint density at radius 3 is 2.88 bits per heavy atom. The van der Waals surface area contributed by atoms with Crippen LogP contribution in [0.5, 0.6) is 0 Å². The predicted molar refractivity (Wildman–Crippen MR) is 64.0 cm³/mol. The zero-order valence-corrected chi connectivity index (χ0v) is 9.54. The van der Waals surface area contributed by atoms with Gasteiger partial charge in [0.1, 0.15) is 5.82 Å². The van der Waals surface area contributed by atoms with Crippen molar-refractivity contribution in [2.75, 3.05) is 6.61 Å². The quantitative estimate of drug-likeness (QED) is 0.816. The Kier molecular flexibility index (Phi) is 3.41. The maximum absolute atomic E-state index is 9.02. The number of pyridine rings is 1. The highest BCUT2D eigenvalue weighted by atomic mass is 16.3. The first-order valence-electron chi connectivity index (χ1n) is 5.33. The number of nitrogens with zero attached hydrogens (tertiary/aromatic N) is 3. The van der Waals surface area contributed by atoms with Crippen LogP contribution in [0.2, 0.25) is 0 Å². The number of aliphatic hydroxyl groups is 1. The molecule has 0 radical (unpaired) electrons. The lowest BCUT2D eigenvalue weighted by Gasteiger charge is -2.09. The van der Waals surface area contributed by atoms with Crippen LogP contribution in [0.1, 0.15) is 17.6 Å². The lowest BCUT2D eigenvalue weighted by Crippen LogP contribution is -2.18. The summed E-state index contributed by atoms with van der Waals surface area (Å²) >= 11 is 0. The van der Waals surface area contributed by atoms with E-state index in [4.69, 9.17) is 10.8 Å². The molecule has 17 heavy (non-hydrogen) atoms. The number of aromatic nitrogens is 3. The van der Waals surface area contributed by atoms with Crippen molar-refractivity contribution in [3.63, 3.8) is 0 Å². The Labute approximate surface area is 99.4 Å². The molecular weight excluding hydrogens is 216 g/mol. The first kappa shape index (κ1) is 11.6. The van der Waals surface area contributed by atoms with Gasteiger partial charge in [0.05, 0.1) is 18.3 Å². The molecule has 0 spiro atoms. The first-order chi connectivity index (χ1) is 8.20. The van der Waals surface area contributed by atoms with Crippen LogP contribution < -0.4 is 5.73 Å². The molecule has 0 aliphatic carbocycles. The normalized spacial score (nSPS) is 12.4. The number of hydrogen-bond donors (Lipinski definition) is 2. The topological polar surface area (TPSA) is 84.9 Å². The summed E-state index contributed by atoms with van der Waals surface area (Å²) in [5, 5.41) is 9.02. The van der Waals surface area contributed by atoms with Crippen molar-refractivity contribution in [1.82, 2.24) is 15.0 Å². The summed E-state index contributed by atoms with van der Waals surface area (Å²) < 4.78 is 0. The molecule has 88 valence electrons. The van der Waals surface area contributed by atoms with Crippen LogP contribution in [-0.2, 0) is 0 Å². The molecular formula is C12H14N4O. The molecule has 2 rings (SSSR count). The monoisotopic (exact) mass is 230 g/mol. The number of aliphatic hydroxyl groups excluding tert-OH is 1. The largest absolute Gasteiger partial charge is 0.394 e. The maximum atomic E-state index is 9.02. The van der Waals surface area contributed by atoms with Gasteiger partial charge in [-0.3, -0.25) is 4.98 Å². The number of nitrogens with two attached hydrogens (primary N) is 1. The van der Waals surface area contributed by atoms with Gasteiger partial charge in [0, 0.05) is 23.7 Å². The van der Waals surface area contributed by atoms with Crippen LogP contribution in [0.25, 0.3) is 11.3 Å². The fourth-order valence-electron chi connectivity index (χ4n) is 1.50. The van der Waals surface area contributed by atoms with E-state index in [0.717, 1.165) is 17.0 Å². The third-order valence-corrected chi connectivity index (χ3v) is 2.36. The van der Waals surface area contributed by atoms with Crippen molar-refractivity contribution >= 4 is 0 Å². The summed E-state index contributed by atoms with van der Waals surface area (Å²) in [4.78, 5) is 12.6. The third-order valence-electron chi connectivity index (χ3n) is 2.36. The fourth-order valence-corrected chi connectivity index (χ4v) is 1.50. The van der Waals surface area contributed by atoms with Crippen molar-refractivity contribution in [2.24, 2.45) is 5.73 Å². The molecule has 0 aliphatic rings. The first-order valence-corrected chi connectivity index (χ1v) is 5.33. The van der Waals surface area contributed by atoms with E-state index < -0.39 is 6.04 Å². The van der Waals surface area contributed by atoms with Crippen LogP contribution in [0.4, 0.5) is 0 Å². The summed E-state index contributed by atoms with van der Waals surface area (Å²) in [6.07, 6.45) is 3.44. The molecule has 0 saturated carbocycles. The molecule has 0 fully saturated rings. The van der Waals surface area contributed by atoms with E-state index in [0.29, 0.717) is 5.82 Å². The zero-order valence-electron chi connectivity index (χ0n) is 9.54. The minimum atomic E-state index is -0.551. The third kappa shape index (κ3) is 2.64. The van der Waals surface area contributed by atoms with Crippen LogP contribution in [0.3, 0.4) is 0 Å². The Morgan fingerprint density at radius 2 is 2.24 bits per heavy atom. The second-order valence-electron chi connectivity index (χ2n) is 3.78.